The molecule has 1 heterocycles. The number of H-pyrrole nitrogens is 1. The number of pyridine rings is 1. The maximum Gasteiger partial charge on any atom is 0.252 e. The number of aromatic amines is 1. The first-order valence-corrected chi connectivity index (χ1v) is 6.62. The Labute approximate surface area is 113 Å². The highest BCUT2D eigenvalue weighted by atomic mass is 16.1. The predicted octanol–water partition coefficient (Wildman–Crippen LogP) is 2.77. The Kier molecular flexibility index (Phi) is 4.17. The predicted molar refractivity (Wildman–Crippen MR) is 79.4 cm³/mol. The second-order valence-corrected chi connectivity index (χ2v) is 4.81. The summed E-state index contributed by atoms with van der Waals surface area (Å²) in [5.74, 6) is 0. The zero-order valence-corrected chi connectivity index (χ0v) is 11.7. The van der Waals surface area contributed by atoms with Gasteiger partial charge in [0.25, 0.3) is 5.56 Å². The molecular weight excluding hydrogens is 236 g/mol. The van der Waals surface area contributed by atoms with Crippen molar-refractivity contribution in [1.82, 2.24) is 10.3 Å². The van der Waals surface area contributed by atoms with Gasteiger partial charge in [0.1, 0.15) is 0 Å². The Bertz CT molecular complexity index is 629. The van der Waals surface area contributed by atoms with Crippen LogP contribution in [-0.4, -0.2) is 11.5 Å². The van der Waals surface area contributed by atoms with Crippen LogP contribution in [0.4, 0.5) is 0 Å². The molecule has 3 nitrogen and oxygen atoms in total. The van der Waals surface area contributed by atoms with E-state index < -0.39 is 0 Å². The molecule has 2 rings (SSSR count). The van der Waals surface area contributed by atoms with Crippen LogP contribution < -0.4 is 10.9 Å². The van der Waals surface area contributed by atoms with Crippen LogP contribution in [0.15, 0.2) is 35.1 Å². The molecular formula is C16H20N2O. The second-order valence-electron chi connectivity index (χ2n) is 4.81. The lowest BCUT2D eigenvalue weighted by Gasteiger charge is -2.07. The summed E-state index contributed by atoms with van der Waals surface area (Å²) in [6, 6.07) is 10.1. The molecule has 0 spiro atoms. The van der Waals surface area contributed by atoms with Crippen LogP contribution in [0, 0.1) is 13.8 Å². The van der Waals surface area contributed by atoms with E-state index in [-0.39, 0.29) is 5.56 Å². The average Bonchev–Trinajstić information content (AvgIpc) is 2.40. The first-order valence-electron chi connectivity index (χ1n) is 6.62. The Hall–Kier alpha value is -1.87. The van der Waals surface area contributed by atoms with Gasteiger partial charge >= 0.3 is 0 Å². The van der Waals surface area contributed by atoms with Crippen molar-refractivity contribution < 1.29 is 0 Å². The molecule has 1 aromatic heterocycles. The van der Waals surface area contributed by atoms with Crippen LogP contribution in [0.25, 0.3) is 11.3 Å². The molecule has 0 radical (unpaired) electrons. The molecule has 0 aliphatic heterocycles. The summed E-state index contributed by atoms with van der Waals surface area (Å²) in [6.45, 7) is 7.66. The Morgan fingerprint density at radius 1 is 1.11 bits per heavy atom. The lowest BCUT2D eigenvalue weighted by Crippen LogP contribution is -2.20. The minimum atomic E-state index is -0.0170. The summed E-state index contributed by atoms with van der Waals surface area (Å²) in [5, 5.41) is 3.16. The fourth-order valence-electron chi connectivity index (χ4n) is 1.98. The van der Waals surface area contributed by atoms with Gasteiger partial charge in [0.15, 0.2) is 0 Å². The molecule has 0 saturated heterocycles. The lowest BCUT2D eigenvalue weighted by molar-refractivity contribution is 0.720. The van der Waals surface area contributed by atoms with E-state index in [1.54, 1.807) is 0 Å². The number of benzene rings is 1. The van der Waals surface area contributed by atoms with Gasteiger partial charge in [0.05, 0.1) is 0 Å². The molecule has 0 aliphatic rings. The number of rotatable bonds is 4. The molecule has 100 valence electrons. The highest BCUT2D eigenvalue weighted by molar-refractivity contribution is 5.60. The van der Waals surface area contributed by atoms with Crippen molar-refractivity contribution in [3.63, 3.8) is 0 Å². The van der Waals surface area contributed by atoms with Gasteiger partial charge in [-0.1, -0.05) is 25.1 Å². The van der Waals surface area contributed by atoms with Gasteiger partial charge in [-0.05, 0) is 49.2 Å². The van der Waals surface area contributed by atoms with E-state index in [0.29, 0.717) is 6.54 Å². The van der Waals surface area contributed by atoms with Gasteiger partial charge in [-0.15, -0.1) is 0 Å². The number of aryl methyl sites for hydroxylation is 2. The van der Waals surface area contributed by atoms with Crippen LogP contribution in [-0.2, 0) is 6.54 Å². The monoisotopic (exact) mass is 256 g/mol. The van der Waals surface area contributed by atoms with E-state index in [1.165, 1.54) is 11.1 Å². The minimum absolute atomic E-state index is 0.0170. The Morgan fingerprint density at radius 3 is 2.53 bits per heavy atom. The summed E-state index contributed by atoms with van der Waals surface area (Å²) in [6.07, 6.45) is 0. The molecule has 0 saturated carbocycles. The third-order valence-corrected chi connectivity index (χ3v) is 3.37. The number of aromatic nitrogens is 1. The lowest BCUT2D eigenvalue weighted by atomic mass is 10.0. The molecule has 0 aliphatic carbocycles. The van der Waals surface area contributed by atoms with E-state index in [4.69, 9.17) is 0 Å². The fourth-order valence-corrected chi connectivity index (χ4v) is 1.98. The minimum Gasteiger partial charge on any atom is -0.322 e. The molecule has 2 aromatic rings. The maximum absolute atomic E-state index is 12.0. The molecule has 0 atom stereocenters. The second kappa shape index (κ2) is 5.85. The van der Waals surface area contributed by atoms with Gasteiger partial charge in [0, 0.05) is 17.8 Å². The topological polar surface area (TPSA) is 44.9 Å². The van der Waals surface area contributed by atoms with Crippen LogP contribution in [0.1, 0.15) is 23.6 Å². The van der Waals surface area contributed by atoms with E-state index >= 15 is 0 Å². The number of hydrogen-bond acceptors (Lipinski definition) is 2. The molecule has 2 N–H and O–H groups in total. The normalized spacial score (nSPS) is 10.7. The standard InChI is InChI=1S/C16H20N2O/c1-4-17-10-14-7-8-15(18-16(14)19)13-6-5-11(2)12(3)9-13/h5-9,17H,4,10H2,1-3H3,(H,18,19). The molecule has 19 heavy (non-hydrogen) atoms. The molecule has 0 fully saturated rings. The quantitative estimate of drug-likeness (QED) is 0.883. The van der Waals surface area contributed by atoms with Gasteiger partial charge in [0.2, 0.25) is 0 Å². The van der Waals surface area contributed by atoms with E-state index in [9.17, 15) is 4.79 Å². The number of nitrogens with one attached hydrogen (secondary N) is 2. The van der Waals surface area contributed by atoms with Crippen LogP contribution >= 0.6 is 0 Å². The first kappa shape index (κ1) is 13.6. The van der Waals surface area contributed by atoms with Gasteiger partial charge in [-0.25, -0.2) is 0 Å². The summed E-state index contributed by atoms with van der Waals surface area (Å²) >= 11 is 0. The van der Waals surface area contributed by atoms with Crippen molar-refractivity contribution in [3.05, 3.63) is 57.4 Å². The third kappa shape index (κ3) is 3.12. The van der Waals surface area contributed by atoms with E-state index in [0.717, 1.165) is 23.4 Å². The summed E-state index contributed by atoms with van der Waals surface area (Å²) in [5.41, 5.74) is 5.17. The van der Waals surface area contributed by atoms with Crippen LogP contribution in [0.2, 0.25) is 0 Å². The van der Waals surface area contributed by atoms with E-state index in [1.807, 2.05) is 25.1 Å². The fraction of sp³-hybridized carbons (Fsp3) is 0.312. The van der Waals surface area contributed by atoms with Gasteiger partial charge < -0.3 is 10.3 Å². The van der Waals surface area contributed by atoms with Crippen molar-refractivity contribution in [1.29, 1.82) is 0 Å². The molecule has 1 aromatic carbocycles. The zero-order valence-electron chi connectivity index (χ0n) is 11.7. The maximum atomic E-state index is 12.0. The van der Waals surface area contributed by atoms with Crippen molar-refractivity contribution >= 4 is 0 Å². The van der Waals surface area contributed by atoms with Gasteiger partial charge in [-0.3, -0.25) is 4.79 Å². The molecule has 0 bridgehead atoms. The molecule has 3 heteroatoms. The SMILES string of the molecule is CCNCc1ccc(-c2ccc(C)c(C)c2)[nH]c1=O. The van der Waals surface area contributed by atoms with Crippen LogP contribution in [0.5, 0.6) is 0 Å². The van der Waals surface area contributed by atoms with Crippen molar-refractivity contribution in [3.8, 4) is 11.3 Å². The third-order valence-electron chi connectivity index (χ3n) is 3.37. The largest absolute Gasteiger partial charge is 0.322 e. The first-order chi connectivity index (χ1) is 9.11. The summed E-state index contributed by atoms with van der Waals surface area (Å²) in [7, 11) is 0. The van der Waals surface area contributed by atoms with Crippen LogP contribution in [0.3, 0.4) is 0 Å². The summed E-state index contributed by atoms with van der Waals surface area (Å²) < 4.78 is 0. The van der Waals surface area contributed by atoms with Gasteiger partial charge in [-0.2, -0.15) is 0 Å². The zero-order chi connectivity index (χ0) is 13.8. The summed E-state index contributed by atoms with van der Waals surface area (Å²) in [4.78, 5) is 14.9. The van der Waals surface area contributed by atoms with E-state index in [2.05, 4.69) is 36.3 Å². The Balaban J connectivity index is 2.33. The smallest absolute Gasteiger partial charge is 0.252 e. The van der Waals surface area contributed by atoms with Crippen molar-refractivity contribution in [2.75, 3.05) is 6.54 Å². The highest BCUT2D eigenvalue weighted by Gasteiger charge is 2.04. The highest BCUT2D eigenvalue weighted by Crippen LogP contribution is 2.19. The van der Waals surface area contributed by atoms with Crippen molar-refractivity contribution in [2.24, 2.45) is 0 Å². The number of hydrogen-bond donors (Lipinski definition) is 2. The van der Waals surface area contributed by atoms with Crippen molar-refractivity contribution in [2.45, 2.75) is 27.3 Å². The average molecular weight is 256 g/mol. The Morgan fingerprint density at radius 2 is 1.89 bits per heavy atom. The molecule has 0 unspecified atom stereocenters. The molecule has 0 amide bonds.